The van der Waals surface area contributed by atoms with Gasteiger partial charge >= 0.3 is 0 Å². The van der Waals surface area contributed by atoms with Gasteiger partial charge in [-0.2, -0.15) is 0 Å². The molecule has 0 saturated carbocycles. The van der Waals surface area contributed by atoms with Crippen LogP contribution in [0.3, 0.4) is 0 Å². The lowest BCUT2D eigenvalue weighted by Gasteiger charge is -2.04. The maximum absolute atomic E-state index is 13.8. The van der Waals surface area contributed by atoms with Crippen LogP contribution in [0.25, 0.3) is 11.1 Å². The van der Waals surface area contributed by atoms with Gasteiger partial charge in [0.05, 0.1) is 5.56 Å². The number of benzene rings is 3. The third-order valence-electron chi connectivity index (χ3n) is 4.54. The van der Waals surface area contributed by atoms with Crippen molar-refractivity contribution in [3.63, 3.8) is 0 Å². The van der Waals surface area contributed by atoms with Gasteiger partial charge in [0, 0.05) is 5.56 Å². The van der Waals surface area contributed by atoms with Crippen molar-refractivity contribution in [2.24, 2.45) is 0 Å². The molecule has 0 unspecified atom stereocenters. The van der Waals surface area contributed by atoms with Crippen molar-refractivity contribution in [2.75, 3.05) is 0 Å². The summed E-state index contributed by atoms with van der Waals surface area (Å²) in [5.41, 5.74) is 5.97. The molecule has 0 aliphatic heterocycles. The number of hydrogen-bond acceptors (Lipinski definition) is 0. The topological polar surface area (TPSA) is 0 Å². The number of aryl methyl sites for hydroxylation is 2. The van der Waals surface area contributed by atoms with Crippen LogP contribution in [0.5, 0.6) is 0 Å². The van der Waals surface area contributed by atoms with Gasteiger partial charge in [0.25, 0.3) is 0 Å². The van der Waals surface area contributed by atoms with Crippen LogP contribution >= 0.6 is 0 Å². The van der Waals surface area contributed by atoms with Gasteiger partial charge < -0.3 is 0 Å². The maximum atomic E-state index is 13.8. The third kappa shape index (κ3) is 4.41. The molecule has 0 heterocycles. The average Bonchev–Trinajstić information content (AvgIpc) is 2.67. The minimum atomic E-state index is -0.266. The van der Waals surface area contributed by atoms with Crippen molar-refractivity contribution >= 4 is 0 Å². The Labute approximate surface area is 155 Å². The molecule has 0 nitrogen and oxygen atoms in total. The van der Waals surface area contributed by atoms with Gasteiger partial charge in [-0.25, -0.2) is 4.39 Å². The largest absolute Gasteiger partial charge is 0.206 e. The molecule has 0 amide bonds. The smallest absolute Gasteiger partial charge is 0.139 e. The standard InChI is InChI=1S/C25H23F/c1-3-4-7-20-9-14-22(15-10-20)23-16-11-21(12-17-23)13-18-24-19(2)6-5-8-25(24)26/h5-6,8-12,14-17H,3-4,7H2,1-2H3. The minimum Gasteiger partial charge on any atom is -0.206 e. The minimum absolute atomic E-state index is 0.266. The zero-order valence-corrected chi connectivity index (χ0v) is 15.4. The van der Waals surface area contributed by atoms with Gasteiger partial charge in [0.15, 0.2) is 0 Å². The first-order valence-corrected chi connectivity index (χ1v) is 9.14. The van der Waals surface area contributed by atoms with E-state index in [1.165, 1.54) is 35.6 Å². The van der Waals surface area contributed by atoms with Crippen LogP contribution in [0.2, 0.25) is 0 Å². The fourth-order valence-electron chi connectivity index (χ4n) is 2.92. The van der Waals surface area contributed by atoms with Crippen molar-refractivity contribution in [2.45, 2.75) is 33.1 Å². The van der Waals surface area contributed by atoms with E-state index in [1.807, 2.05) is 25.1 Å². The molecule has 3 rings (SSSR count). The van der Waals surface area contributed by atoms with E-state index in [0.29, 0.717) is 5.56 Å². The Balaban J connectivity index is 1.76. The summed E-state index contributed by atoms with van der Waals surface area (Å²) in [4.78, 5) is 0. The van der Waals surface area contributed by atoms with E-state index in [4.69, 9.17) is 0 Å². The molecule has 0 aliphatic carbocycles. The highest BCUT2D eigenvalue weighted by atomic mass is 19.1. The lowest BCUT2D eigenvalue weighted by atomic mass is 10.0. The van der Waals surface area contributed by atoms with Crippen LogP contribution in [-0.4, -0.2) is 0 Å². The quantitative estimate of drug-likeness (QED) is 0.472. The molecule has 3 aromatic rings. The van der Waals surface area contributed by atoms with Gasteiger partial charge in [0.2, 0.25) is 0 Å². The normalized spacial score (nSPS) is 10.3. The zero-order valence-electron chi connectivity index (χ0n) is 15.4. The second-order valence-electron chi connectivity index (χ2n) is 6.56. The number of unbranched alkanes of at least 4 members (excludes halogenated alkanes) is 1. The summed E-state index contributed by atoms with van der Waals surface area (Å²) in [5, 5.41) is 0. The van der Waals surface area contributed by atoms with Gasteiger partial charge in [-0.15, -0.1) is 0 Å². The Morgan fingerprint density at radius 2 is 1.46 bits per heavy atom. The molecule has 26 heavy (non-hydrogen) atoms. The number of hydrogen-bond donors (Lipinski definition) is 0. The fraction of sp³-hybridized carbons (Fsp3) is 0.200. The fourth-order valence-corrected chi connectivity index (χ4v) is 2.92. The summed E-state index contributed by atoms with van der Waals surface area (Å²) in [7, 11) is 0. The predicted octanol–water partition coefficient (Wildman–Crippen LogP) is 6.54. The predicted molar refractivity (Wildman–Crippen MR) is 108 cm³/mol. The first kappa shape index (κ1) is 18.0. The van der Waals surface area contributed by atoms with Crippen molar-refractivity contribution < 1.29 is 4.39 Å². The first-order valence-electron chi connectivity index (χ1n) is 9.14. The summed E-state index contributed by atoms with van der Waals surface area (Å²) in [6, 6.07) is 21.9. The van der Waals surface area contributed by atoms with E-state index < -0.39 is 0 Å². The zero-order chi connectivity index (χ0) is 18.4. The molecule has 3 aromatic carbocycles. The molecule has 0 radical (unpaired) electrons. The molecule has 0 N–H and O–H groups in total. The van der Waals surface area contributed by atoms with Crippen LogP contribution in [0.15, 0.2) is 66.7 Å². The van der Waals surface area contributed by atoms with Crippen molar-refractivity contribution in [3.05, 3.63) is 94.8 Å². The summed E-state index contributed by atoms with van der Waals surface area (Å²) in [6.07, 6.45) is 3.59. The Hall–Kier alpha value is -2.85. The molecule has 0 spiro atoms. The Bertz CT molecular complexity index is 902. The van der Waals surface area contributed by atoms with Gasteiger partial charge in [-0.05, 0) is 60.2 Å². The molecular weight excluding hydrogens is 319 g/mol. The molecular formula is C25H23F. The van der Waals surface area contributed by atoms with Crippen LogP contribution in [0, 0.1) is 24.6 Å². The average molecular weight is 342 g/mol. The first-order chi connectivity index (χ1) is 12.7. The molecule has 0 bridgehead atoms. The molecule has 0 saturated heterocycles. The molecule has 130 valence electrons. The molecule has 0 fully saturated rings. The van der Waals surface area contributed by atoms with Crippen molar-refractivity contribution in [1.29, 1.82) is 0 Å². The molecule has 1 heteroatoms. The summed E-state index contributed by atoms with van der Waals surface area (Å²) in [6.45, 7) is 4.09. The summed E-state index contributed by atoms with van der Waals surface area (Å²) < 4.78 is 13.8. The third-order valence-corrected chi connectivity index (χ3v) is 4.54. The number of rotatable bonds is 4. The second-order valence-corrected chi connectivity index (χ2v) is 6.56. The van der Waals surface area contributed by atoms with E-state index in [9.17, 15) is 4.39 Å². The number of halogens is 1. The van der Waals surface area contributed by atoms with Gasteiger partial charge in [0.1, 0.15) is 5.82 Å². The van der Waals surface area contributed by atoms with Gasteiger partial charge in [-0.3, -0.25) is 0 Å². The van der Waals surface area contributed by atoms with E-state index in [0.717, 1.165) is 17.5 Å². The Morgan fingerprint density at radius 1 is 0.808 bits per heavy atom. The van der Waals surface area contributed by atoms with Crippen molar-refractivity contribution in [3.8, 4) is 23.0 Å². The summed E-state index contributed by atoms with van der Waals surface area (Å²) >= 11 is 0. The van der Waals surface area contributed by atoms with Crippen LogP contribution in [0.4, 0.5) is 4.39 Å². The van der Waals surface area contributed by atoms with Crippen LogP contribution in [0.1, 0.15) is 42.0 Å². The van der Waals surface area contributed by atoms with E-state index in [-0.39, 0.29) is 5.82 Å². The lowest BCUT2D eigenvalue weighted by Crippen LogP contribution is -1.88. The maximum Gasteiger partial charge on any atom is 0.139 e. The molecule has 0 aromatic heterocycles. The van der Waals surface area contributed by atoms with E-state index >= 15 is 0 Å². The molecule has 0 atom stereocenters. The van der Waals surface area contributed by atoms with Gasteiger partial charge in [-0.1, -0.05) is 73.7 Å². The Morgan fingerprint density at radius 3 is 2.08 bits per heavy atom. The highest BCUT2D eigenvalue weighted by Gasteiger charge is 2.02. The second kappa shape index (κ2) is 8.50. The SMILES string of the molecule is CCCCc1ccc(-c2ccc(C#Cc3c(C)cccc3F)cc2)cc1. The van der Waals surface area contributed by atoms with E-state index in [1.54, 1.807) is 6.07 Å². The highest BCUT2D eigenvalue weighted by Crippen LogP contribution is 2.21. The van der Waals surface area contributed by atoms with E-state index in [2.05, 4.69) is 55.2 Å². The molecule has 0 aliphatic rings. The van der Waals surface area contributed by atoms with Crippen LogP contribution in [-0.2, 0) is 6.42 Å². The highest BCUT2D eigenvalue weighted by molar-refractivity contribution is 5.65. The van der Waals surface area contributed by atoms with Crippen LogP contribution < -0.4 is 0 Å². The monoisotopic (exact) mass is 342 g/mol. The van der Waals surface area contributed by atoms with Crippen molar-refractivity contribution in [1.82, 2.24) is 0 Å². The Kier molecular flexibility index (Phi) is 5.87. The lowest BCUT2D eigenvalue weighted by molar-refractivity contribution is 0.623. The summed E-state index contributed by atoms with van der Waals surface area (Å²) in [5.74, 6) is 5.76.